The Kier molecular flexibility index (Phi) is 6.12. The van der Waals surface area contributed by atoms with Crippen LogP contribution in [0.5, 0.6) is 5.75 Å². The molecule has 1 heterocycles. The first kappa shape index (κ1) is 20.5. The number of hydrogen-bond donors (Lipinski definition) is 0. The van der Waals surface area contributed by atoms with Gasteiger partial charge in [-0.3, -0.25) is 9.13 Å². The summed E-state index contributed by atoms with van der Waals surface area (Å²) < 4.78 is 9.17. The van der Waals surface area contributed by atoms with Crippen LogP contribution in [0.1, 0.15) is 47.2 Å². The van der Waals surface area contributed by atoms with Gasteiger partial charge in [0.05, 0.1) is 13.7 Å². The number of imidazole rings is 1. The smallest absolute Gasteiger partial charge is 0.328 e. The minimum atomic E-state index is 0.138. The number of hydrogen-bond acceptors (Lipinski definition) is 2. The zero-order valence-corrected chi connectivity index (χ0v) is 18.4. The van der Waals surface area contributed by atoms with Crippen molar-refractivity contribution in [3.05, 3.63) is 87.1 Å². The van der Waals surface area contributed by atoms with Crippen LogP contribution in [0.4, 0.5) is 0 Å². The number of aryl methyl sites for hydroxylation is 4. The molecule has 4 rings (SSSR count). The number of nitrogens with zero attached hydrogens (tertiary/aromatic N) is 2. The summed E-state index contributed by atoms with van der Waals surface area (Å²) in [6.07, 6.45) is 7.55. The van der Waals surface area contributed by atoms with Crippen molar-refractivity contribution in [3.8, 4) is 5.75 Å². The molecule has 0 N–H and O–H groups in total. The summed E-state index contributed by atoms with van der Waals surface area (Å²) >= 11 is 0. The molecule has 4 heteroatoms. The molecule has 0 saturated heterocycles. The summed E-state index contributed by atoms with van der Waals surface area (Å²) in [5, 5.41) is 0. The van der Waals surface area contributed by atoms with Gasteiger partial charge < -0.3 is 4.74 Å². The lowest BCUT2D eigenvalue weighted by Crippen LogP contribution is -2.26. The van der Waals surface area contributed by atoms with Crippen molar-refractivity contribution in [1.29, 1.82) is 0 Å². The lowest BCUT2D eigenvalue weighted by molar-refractivity contribution is 0.414. The Labute approximate surface area is 179 Å². The van der Waals surface area contributed by atoms with Crippen LogP contribution in [0.3, 0.4) is 0 Å². The van der Waals surface area contributed by atoms with Crippen molar-refractivity contribution in [2.24, 2.45) is 5.92 Å². The molecular formula is C26H32N2O2. The molecule has 1 fully saturated rings. The third kappa shape index (κ3) is 4.86. The zero-order chi connectivity index (χ0) is 21.1. The predicted molar refractivity (Wildman–Crippen MR) is 121 cm³/mol. The van der Waals surface area contributed by atoms with Gasteiger partial charge in [0.25, 0.3) is 0 Å². The quantitative estimate of drug-likeness (QED) is 0.508. The molecule has 0 aliphatic heterocycles. The third-order valence-electron chi connectivity index (χ3n) is 6.25. The molecule has 0 radical (unpaired) electrons. The summed E-state index contributed by atoms with van der Waals surface area (Å²) in [5.41, 5.74) is 6.37. The van der Waals surface area contributed by atoms with Crippen molar-refractivity contribution < 1.29 is 4.74 Å². The first-order valence-electron chi connectivity index (χ1n) is 11.0. The Bertz CT molecular complexity index is 1060. The molecule has 1 aliphatic carbocycles. The molecule has 0 bridgehead atoms. The van der Waals surface area contributed by atoms with Gasteiger partial charge in [-0.05, 0) is 86.3 Å². The van der Waals surface area contributed by atoms with Crippen LogP contribution in [-0.4, -0.2) is 16.2 Å². The van der Waals surface area contributed by atoms with Crippen molar-refractivity contribution in [2.75, 3.05) is 7.11 Å². The van der Waals surface area contributed by atoms with E-state index < -0.39 is 0 Å². The lowest BCUT2D eigenvalue weighted by Gasteiger charge is -2.07. The van der Waals surface area contributed by atoms with Gasteiger partial charge in [-0.2, -0.15) is 0 Å². The Balaban J connectivity index is 1.48. The Morgan fingerprint density at radius 2 is 1.70 bits per heavy atom. The highest BCUT2D eigenvalue weighted by Crippen LogP contribution is 2.30. The fourth-order valence-corrected chi connectivity index (χ4v) is 4.01. The van der Waals surface area contributed by atoms with E-state index in [9.17, 15) is 4.79 Å². The number of aromatic nitrogens is 2. The average molecular weight is 405 g/mol. The summed E-state index contributed by atoms with van der Waals surface area (Å²) in [4.78, 5) is 13.1. The van der Waals surface area contributed by atoms with Gasteiger partial charge in [0, 0.05) is 18.4 Å². The van der Waals surface area contributed by atoms with Gasteiger partial charge in [0.15, 0.2) is 0 Å². The van der Waals surface area contributed by atoms with E-state index >= 15 is 0 Å². The van der Waals surface area contributed by atoms with E-state index in [-0.39, 0.29) is 5.69 Å². The van der Waals surface area contributed by atoms with Crippen molar-refractivity contribution in [3.63, 3.8) is 0 Å². The molecular weight excluding hydrogens is 372 g/mol. The minimum absolute atomic E-state index is 0.138. The van der Waals surface area contributed by atoms with Crippen LogP contribution >= 0.6 is 0 Å². The highest BCUT2D eigenvalue weighted by atomic mass is 16.5. The summed E-state index contributed by atoms with van der Waals surface area (Å²) in [6.45, 7) is 5.77. The summed E-state index contributed by atoms with van der Waals surface area (Å²) in [6, 6.07) is 14.8. The van der Waals surface area contributed by atoms with E-state index in [1.807, 2.05) is 21.3 Å². The number of methoxy groups -OCH3 is 1. The first-order valence-corrected chi connectivity index (χ1v) is 11.0. The summed E-state index contributed by atoms with van der Waals surface area (Å²) in [5.74, 6) is 1.57. The normalized spacial score (nSPS) is 13.6. The molecule has 2 aromatic carbocycles. The van der Waals surface area contributed by atoms with Crippen LogP contribution in [-0.2, 0) is 25.9 Å². The van der Waals surface area contributed by atoms with E-state index in [0.717, 1.165) is 31.6 Å². The van der Waals surface area contributed by atoms with E-state index in [4.69, 9.17) is 4.74 Å². The molecule has 0 amide bonds. The molecule has 0 atom stereocenters. The molecule has 0 unspecified atom stereocenters. The fraction of sp³-hybridized carbons (Fsp3) is 0.423. The van der Waals surface area contributed by atoms with Gasteiger partial charge >= 0.3 is 5.69 Å². The standard InChI is InChI=1S/C26H32N2O2/c1-19-7-8-23(15-20(19)2)16-27-18-24(28(26(27)29)17-22-9-10-22)6-4-5-21-11-13-25(30-3)14-12-21/h7-8,11-15,18,22H,4-6,9-10,16-17H2,1-3H3. The van der Waals surface area contributed by atoms with Gasteiger partial charge in [0.2, 0.25) is 0 Å². The topological polar surface area (TPSA) is 36.2 Å². The van der Waals surface area contributed by atoms with Gasteiger partial charge in [-0.25, -0.2) is 4.79 Å². The molecule has 30 heavy (non-hydrogen) atoms. The maximum Gasteiger partial charge on any atom is 0.328 e. The molecule has 1 aliphatic rings. The highest BCUT2D eigenvalue weighted by Gasteiger charge is 2.24. The number of ether oxygens (including phenoxy) is 1. The zero-order valence-electron chi connectivity index (χ0n) is 18.4. The van der Waals surface area contributed by atoms with Gasteiger partial charge in [-0.15, -0.1) is 0 Å². The average Bonchev–Trinajstić information content (AvgIpc) is 3.53. The van der Waals surface area contributed by atoms with E-state index in [0.29, 0.717) is 12.5 Å². The first-order chi connectivity index (χ1) is 14.5. The second-order valence-electron chi connectivity index (χ2n) is 8.71. The molecule has 0 spiro atoms. The number of rotatable bonds is 9. The SMILES string of the molecule is COc1ccc(CCCc2cn(Cc3ccc(C)c(C)c3)c(=O)n2CC2CC2)cc1. The molecule has 158 valence electrons. The van der Waals surface area contributed by atoms with E-state index in [1.165, 1.54) is 40.8 Å². The lowest BCUT2D eigenvalue weighted by atomic mass is 10.1. The fourth-order valence-electron chi connectivity index (χ4n) is 4.01. The van der Waals surface area contributed by atoms with Crippen LogP contribution in [0.15, 0.2) is 53.5 Å². The van der Waals surface area contributed by atoms with Crippen LogP contribution in [0.2, 0.25) is 0 Å². The van der Waals surface area contributed by atoms with E-state index in [1.54, 1.807) is 7.11 Å². The van der Waals surface area contributed by atoms with Gasteiger partial charge in [-0.1, -0.05) is 30.3 Å². The van der Waals surface area contributed by atoms with E-state index in [2.05, 4.69) is 50.4 Å². The molecule has 1 aromatic heterocycles. The van der Waals surface area contributed by atoms with Crippen molar-refractivity contribution >= 4 is 0 Å². The van der Waals surface area contributed by atoms with Gasteiger partial charge in [0.1, 0.15) is 5.75 Å². The second-order valence-corrected chi connectivity index (χ2v) is 8.71. The Morgan fingerprint density at radius 3 is 2.37 bits per heavy atom. The molecule has 1 saturated carbocycles. The maximum absolute atomic E-state index is 13.1. The Hall–Kier alpha value is -2.75. The molecule has 3 aromatic rings. The minimum Gasteiger partial charge on any atom is -0.497 e. The maximum atomic E-state index is 13.1. The van der Waals surface area contributed by atoms with Crippen molar-refractivity contribution in [2.45, 2.75) is 59.0 Å². The van der Waals surface area contributed by atoms with Crippen LogP contribution in [0, 0.1) is 19.8 Å². The predicted octanol–water partition coefficient (Wildman–Crippen LogP) is 4.91. The van der Waals surface area contributed by atoms with Crippen molar-refractivity contribution in [1.82, 2.24) is 9.13 Å². The third-order valence-corrected chi connectivity index (χ3v) is 6.25. The van der Waals surface area contributed by atoms with Crippen LogP contribution < -0.4 is 10.4 Å². The monoisotopic (exact) mass is 404 g/mol. The molecule has 4 nitrogen and oxygen atoms in total. The highest BCUT2D eigenvalue weighted by molar-refractivity contribution is 5.30. The van der Waals surface area contributed by atoms with Crippen LogP contribution in [0.25, 0.3) is 0 Å². The number of benzene rings is 2. The summed E-state index contributed by atoms with van der Waals surface area (Å²) in [7, 11) is 1.69. The second kappa shape index (κ2) is 8.95. The Morgan fingerprint density at radius 1 is 0.967 bits per heavy atom. The largest absolute Gasteiger partial charge is 0.497 e.